The van der Waals surface area contributed by atoms with Gasteiger partial charge in [0.25, 0.3) is 0 Å². The van der Waals surface area contributed by atoms with Crippen molar-refractivity contribution in [3.8, 4) is 0 Å². The van der Waals surface area contributed by atoms with Crippen LogP contribution in [-0.2, 0) is 9.53 Å². The van der Waals surface area contributed by atoms with Crippen molar-refractivity contribution in [2.75, 3.05) is 6.54 Å². The van der Waals surface area contributed by atoms with E-state index >= 15 is 0 Å². The molecule has 2 amide bonds. The Morgan fingerprint density at radius 2 is 1.74 bits per heavy atom. The Morgan fingerprint density at radius 1 is 1.21 bits per heavy atom. The Kier molecular flexibility index (Phi) is 4.48. The van der Waals surface area contributed by atoms with Gasteiger partial charge in [-0.3, -0.25) is 4.79 Å². The highest BCUT2D eigenvalue weighted by atomic mass is 16.6. The number of hydrogen-bond acceptors (Lipinski definition) is 3. The molecule has 2 N–H and O–H groups in total. The first-order valence-electron chi connectivity index (χ1n) is 6.79. The van der Waals surface area contributed by atoms with Gasteiger partial charge in [-0.05, 0) is 47.0 Å². The Hall–Kier alpha value is -1.26. The Bertz CT molecular complexity index is 358. The highest BCUT2D eigenvalue weighted by Crippen LogP contribution is 2.37. The summed E-state index contributed by atoms with van der Waals surface area (Å²) in [4.78, 5) is 23.4. The summed E-state index contributed by atoms with van der Waals surface area (Å²) in [6.07, 6.45) is 0.498. The van der Waals surface area contributed by atoms with Gasteiger partial charge < -0.3 is 15.4 Å². The molecule has 19 heavy (non-hydrogen) atoms. The molecular formula is C14H26N2O3. The van der Waals surface area contributed by atoms with Crippen molar-refractivity contribution in [3.63, 3.8) is 0 Å². The second-order valence-electron chi connectivity index (χ2n) is 7.05. The molecule has 1 saturated carbocycles. The van der Waals surface area contributed by atoms with Gasteiger partial charge in [0.1, 0.15) is 5.60 Å². The molecule has 0 saturated heterocycles. The SMILES string of the molecule is C[C@@H]1C[C@@H]1C(=O)NCC(C)(C)NC(=O)OC(C)(C)C. The molecule has 0 radical (unpaired) electrons. The molecule has 1 aliphatic rings. The Morgan fingerprint density at radius 3 is 2.16 bits per heavy atom. The lowest BCUT2D eigenvalue weighted by atomic mass is 10.1. The summed E-state index contributed by atoms with van der Waals surface area (Å²) in [5, 5.41) is 5.64. The second-order valence-corrected chi connectivity index (χ2v) is 7.05. The maximum absolute atomic E-state index is 11.7. The first-order chi connectivity index (χ1) is 8.50. The van der Waals surface area contributed by atoms with Crippen molar-refractivity contribution in [2.45, 2.75) is 59.1 Å². The van der Waals surface area contributed by atoms with Gasteiger partial charge in [-0.15, -0.1) is 0 Å². The molecule has 0 aromatic heterocycles. The van der Waals surface area contributed by atoms with E-state index in [-0.39, 0.29) is 11.8 Å². The van der Waals surface area contributed by atoms with E-state index in [1.54, 1.807) is 0 Å². The number of nitrogens with one attached hydrogen (secondary N) is 2. The van der Waals surface area contributed by atoms with Crippen LogP contribution < -0.4 is 10.6 Å². The van der Waals surface area contributed by atoms with Crippen LogP contribution in [0.1, 0.15) is 48.0 Å². The lowest BCUT2D eigenvalue weighted by Crippen LogP contribution is -2.52. The number of hydrogen-bond donors (Lipinski definition) is 2. The van der Waals surface area contributed by atoms with E-state index in [2.05, 4.69) is 17.6 Å². The highest BCUT2D eigenvalue weighted by molar-refractivity contribution is 5.81. The molecule has 0 aliphatic heterocycles. The highest BCUT2D eigenvalue weighted by Gasteiger charge is 2.39. The monoisotopic (exact) mass is 270 g/mol. The molecule has 1 aliphatic carbocycles. The van der Waals surface area contributed by atoms with Gasteiger partial charge in [0.2, 0.25) is 5.91 Å². The Balaban J connectivity index is 2.34. The van der Waals surface area contributed by atoms with Gasteiger partial charge in [0.05, 0.1) is 5.54 Å². The van der Waals surface area contributed by atoms with E-state index in [9.17, 15) is 9.59 Å². The minimum Gasteiger partial charge on any atom is -0.444 e. The van der Waals surface area contributed by atoms with E-state index in [0.29, 0.717) is 12.5 Å². The molecule has 0 heterocycles. The lowest BCUT2D eigenvalue weighted by Gasteiger charge is -2.28. The first-order valence-corrected chi connectivity index (χ1v) is 6.79. The number of ether oxygens (including phenoxy) is 1. The third-order valence-electron chi connectivity index (χ3n) is 2.99. The number of rotatable bonds is 4. The van der Waals surface area contributed by atoms with Crippen LogP contribution in [-0.4, -0.2) is 29.7 Å². The normalized spacial score (nSPS) is 22.6. The topological polar surface area (TPSA) is 67.4 Å². The van der Waals surface area contributed by atoms with Crippen LogP contribution in [0.3, 0.4) is 0 Å². The van der Waals surface area contributed by atoms with E-state index in [0.717, 1.165) is 6.42 Å². The average molecular weight is 270 g/mol. The van der Waals surface area contributed by atoms with Crippen LogP contribution in [0.25, 0.3) is 0 Å². The molecule has 0 spiro atoms. The summed E-state index contributed by atoms with van der Waals surface area (Å²) in [5.74, 6) is 0.714. The molecule has 0 aromatic carbocycles. The molecule has 0 aromatic rings. The summed E-state index contributed by atoms with van der Waals surface area (Å²) in [6, 6.07) is 0. The van der Waals surface area contributed by atoms with Crippen LogP contribution in [0.5, 0.6) is 0 Å². The second kappa shape index (κ2) is 5.39. The summed E-state index contributed by atoms with van der Waals surface area (Å²) in [6.45, 7) is 11.6. The number of alkyl carbamates (subject to hydrolysis) is 1. The molecule has 5 nitrogen and oxygen atoms in total. The van der Waals surface area contributed by atoms with Gasteiger partial charge in [0.15, 0.2) is 0 Å². The average Bonchev–Trinajstić information content (AvgIpc) is 2.88. The predicted molar refractivity (Wildman–Crippen MR) is 73.7 cm³/mol. The van der Waals surface area contributed by atoms with E-state index in [1.165, 1.54) is 0 Å². The Labute approximate surface area is 115 Å². The zero-order valence-corrected chi connectivity index (χ0v) is 12.8. The van der Waals surface area contributed by atoms with Crippen molar-refractivity contribution < 1.29 is 14.3 Å². The van der Waals surface area contributed by atoms with E-state index in [4.69, 9.17) is 4.74 Å². The van der Waals surface area contributed by atoms with Crippen LogP contribution in [0.2, 0.25) is 0 Å². The van der Waals surface area contributed by atoms with Gasteiger partial charge in [0, 0.05) is 12.5 Å². The van der Waals surface area contributed by atoms with E-state index < -0.39 is 17.2 Å². The number of carbonyl (C=O) groups excluding carboxylic acids is 2. The van der Waals surface area contributed by atoms with Crippen LogP contribution >= 0.6 is 0 Å². The van der Waals surface area contributed by atoms with Crippen molar-refractivity contribution in [1.82, 2.24) is 10.6 Å². The number of carbonyl (C=O) groups is 2. The fraction of sp³-hybridized carbons (Fsp3) is 0.857. The number of amides is 2. The molecular weight excluding hydrogens is 244 g/mol. The van der Waals surface area contributed by atoms with Crippen LogP contribution in [0, 0.1) is 11.8 Å². The van der Waals surface area contributed by atoms with E-state index in [1.807, 2.05) is 34.6 Å². The zero-order valence-electron chi connectivity index (χ0n) is 12.8. The summed E-state index contributed by atoms with van der Waals surface area (Å²) in [5.41, 5.74) is -1.05. The zero-order chi connectivity index (χ0) is 14.8. The molecule has 0 bridgehead atoms. The smallest absolute Gasteiger partial charge is 0.408 e. The molecule has 2 atom stereocenters. The summed E-state index contributed by atoms with van der Waals surface area (Å²) in [7, 11) is 0. The van der Waals surface area contributed by atoms with Crippen molar-refractivity contribution in [1.29, 1.82) is 0 Å². The fourth-order valence-electron chi connectivity index (χ4n) is 1.75. The molecule has 110 valence electrons. The summed E-state index contributed by atoms with van der Waals surface area (Å²) < 4.78 is 5.19. The lowest BCUT2D eigenvalue weighted by molar-refractivity contribution is -0.122. The van der Waals surface area contributed by atoms with Crippen molar-refractivity contribution >= 4 is 12.0 Å². The molecule has 1 fully saturated rings. The maximum Gasteiger partial charge on any atom is 0.408 e. The minimum absolute atomic E-state index is 0.0755. The molecule has 5 heteroatoms. The minimum atomic E-state index is -0.532. The fourth-order valence-corrected chi connectivity index (χ4v) is 1.75. The van der Waals surface area contributed by atoms with Gasteiger partial charge in [-0.1, -0.05) is 6.92 Å². The predicted octanol–water partition coefficient (Wildman–Crippen LogP) is 2.06. The first kappa shape index (κ1) is 15.8. The standard InChI is InChI=1S/C14H26N2O3/c1-9-7-10(9)11(17)15-8-14(5,6)16-12(18)19-13(2,3)4/h9-10H,7-8H2,1-6H3,(H,15,17)(H,16,18)/t9-,10+/m1/s1. The van der Waals surface area contributed by atoms with Crippen molar-refractivity contribution in [2.24, 2.45) is 11.8 Å². The largest absolute Gasteiger partial charge is 0.444 e. The van der Waals surface area contributed by atoms with Crippen LogP contribution in [0.15, 0.2) is 0 Å². The van der Waals surface area contributed by atoms with Gasteiger partial charge in [-0.25, -0.2) is 4.79 Å². The van der Waals surface area contributed by atoms with Crippen LogP contribution in [0.4, 0.5) is 4.79 Å². The van der Waals surface area contributed by atoms with Crippen molar-refractivity contribution in [3.05, 3.63) is 0 Å². The quantitative estimate of drug-likeness (QED) is 0.821. The third kappa shape index (κ3) is 5.94. The summed E-state index contributed by atoms with van der Waals surface area (Å²) >= 11 is 0. The molecule has 1 rings (SSSR count). The third-order valence-corrected chi connectivity index (χ3v) is 2.99. The maximum atomic E-state index is 11.7. The van der Waals surface area contributed by atoms with Gasteiger partial charge >= 0.3 is 6.09 Å². The van der Waals surface area contributed by atoms with Gasteiger partial charge in [-0.2, -0.15) is 0 Å². The molecule has 0 unspecified atom stereocenters.